The first-order chi connectivity index (χ1) is 13.9. The number of hydrogen-bond acceptors (Lipinski definition) is 4. The summed E-state index contributed by atoms with van der Waals surface area (Å²) >= 11 is 0. The number of rotatable bonds is 4. The summed E-state index contributed by atoms with van der Waals surface area (Å²) in [6.07, 6.45) is 2.08. The van der Waals surface area contributed by atoms with E-state index in [0.29, 0.717) is 6.42 Å². The Kier molecular flexibility index (Phi) is 9.90. The van der Waals surface area contributed by atoms with Crippen molar-refractivity contribution in [3.8, 4) is 0 Å². The van der Waals surface area contributed by atoms with Crippen molar-refractivity contribution in [1.29, 1.82) is 0 Å². The van der Waals surface area contributed by atoms with Crippen LogP contribution in [0.3, 0.4) is 0 Å². The molecule has 8 heteroatoms. The first-order valence-electron chi connectivity index (χ1n) is 10.1. The second-order valence-corrected chi connectivity index (χ2v) is 7.47. The van der Waals surface area contributed by atoms with Gasteiger partial charge in [-0.05, 0) is 30.9 Å². The molecular weight excluding hydrogens is 403 g/mol. The summed E-state index contributed by atoms with van der Waals surface area (Å²) in [6.45, 7) is 5.67. The first-order valence-corrected chi connectivity index (χ1v) is 10.1. The molecule has 0 bridgehead atoms. The third-order valence-electron chi connectivity index (χ3n) is 5.80. The number of hydrogen-bond donors (Lipinski definition) is 4. The van der Waals surface area contributed by atoms with Crippen LogP contribution in [-0.2, 0) is 9.59 Å². The molecule has 1 atom stereocenters. The standard InChI is InChI=1S/C12H9N.C11H18N2O3.H3N.Na.H/c1-3-7-11-9(5-1)10-6-2-4-8-12(10)13-11;1-4-6-7(3)11(5-2)8(14)12-10(16)13-9(11)15;;;/h1-8,13H;7H,4-6H2,1-3H3,(H2,12,13,14,15,16);1H3;;/q;;;+1;-1. The van der Waals surface area contributed by atoms with E-state index in [2.05, 4.69) is 64.1 Å². The SMILES string of the molecule is CCCC(C)C1(CC)C(=O)NC(=O)NC1=O.N.[H-].[Na+].c1ccc2c(c1)[nH]c1ccccc12. The van der Waals surface area contributed by atoms with Crippen LogP contribution in [0.5, 0.6) is 0 Å². The van der Waals surface area contributed by atoms with E-state index >= 15 is 0 Å². The maximum atomic E-state index is 11.9. The number of H-pyrrole nitrogens is 1. The van der Waals surface area contributed by atoms with Crippen molar-refractivity contribution in [3.63, 3.8) is 0 Å². The molecule has 1 aliphatic rings. The average molecular weight is 435 g/mol. The number of fused-ring (bicyclic) bond motifs is 3. The quantitative estimate of drug-likeness (QED) is 0.369. The number of amides is 4. The van der Waals surface area contributed by atoms with Gasteiger partial charge in [-0.15, -0.1) is 0 Å². The molecule has 3 aromatic rings. The number of aromatic amines is 1. The summed E-state index contributed by atoms with van der Waals surface area (Å²) in [4.78, 5) is 38.2. The minimum absolute atomic E-state index is 0. The van der Waals surface area contributed by atoms with Gasteiger partial charge in [-0.25, -0.2) is 4.79 Å². The molecule has 7 nitrogen and oxygen atoms in total. The monoisotopic (exact) mass is 434 g/mol. The van der Waals surface area contributed by atoms with Crippen LogP contribution >= 0.6 is 0 Å². The van der Waals surface area contributed by atoms with Gasteiger partial charge in [-0.2, -0.15) is 0 Å². The molecule has 31 heavy (non-hydrogen) atoms. The Bertz CT molecular complexity index is 999. The van der Waals surface area contributed by atoms with Gasteiger partial charge >= 0.3 is 35.6 Å². The summed E-state index contributed by atoms with van der Waals surface area (Å²) < 4.78 is 0. The molecule has 0 radical (unpaired) electrons. The molecule has 6 N–H and O–H groups in total. The first kappa shape index (κ1) is 26.8. The Morgan fingerprint density at radius 3 is 1.74 bits per heavy atom. The van der Waals surface area contributed by atoms with Crippen LogP contribution in [0.1, 0.15) is 41.5 Å². The van der Waals surface area contributed by atoms with E-state index in [1.165, 1.54) is 21.8 Å². The molecule has 1 fully saturated rings. The molecule has 162 valence electrons. The second-order valence-electron chi connectivity index (χ2n) is 7.47. The zero-order valence-corrected chi connectivity index (χ0v) is 20.7. The molecule has 0 spiro atoms. The Morgan fingerprint density at radius 1 is 0.871 bits per heavy atom. The van der Waals surface area contributed by atoms with Crippen LogP contribution in [0.4, 0.5) is 4.79 Å². The number of carbonyl (C=O) groups excluding carboxylic acids is 3. The normalized spacial score (nSPS) is 15.6. The molecule has 0 aliphatic carbocycles. The van der Waals surface area contributed by atoms with Gasteiger partial charge in [0.2, 0.25) is 11.8 Å². The third-order valence-corrected chi connectivity index (χ3v) is 5.80. The van der Waals surface area contributed by atoms with Crippen molar-refractivity contribution < 1.29 is 45.4 Å². The van der Waals surface area contributed by atoms with Gasteiger partial charge in [0, 0.05) is 21.8 Å². The van der Waals surface area contributed by atoms with Crippen LogP contribution in [0.25, 0.3) is 21.8 Å². The van der Waals surface area contributed by atoms with Gasteiger partial charge in [-0.3, -0.25) is 20.2 Å². The zero-order chi connectivity index (χ0) is 21.0. The molecule has 1 unspecified atom stereocenters. The second kappa shape index (κ2) is 11.4. The maximum absolute atomic E-state index is 11.9. The minimum atomic E-state index is -1.09. The Balaban J connectivity index is 0.000000555. The smallest absolute Gasteiger partial charge is 1.00 e. The molecule has 1 aromatic heterocycles. The summed E-state index contributed by atoms with van der Waals surface area (Å²) in [5.74, 6) is -1.01. The molecule has 4 amide bonds. The van der Waals surface area contributed by atoms with Crippen LogP contribution < -0.4 is 46.3 Å². The van der Waals surface area contributed by atoms with Gasteiger partial charge in [0.1, 0.15) is 5.41 Å². The third kappa shape index (κ3) is 5.18. The fourth-order valence-corrected chi connectivity index (χ4v) is 4.16. The number of nitrogens with one attached hydrogen (secondary N) is 3. The van der Waals surface area contributed by atoms with Crippen molar-refractivity contribution in [2.45, 2.75) is 40.0 Å². The largest absolute Gasteiger partial charge is 1.00 e. The van der Waals surface area contributed by atoms with E-state index in [4.69, 9.17) is 0 Å². The van der Waals surface area contributed by atoms with E-state index in [1.54, 1.807) is 6.92 Å². The number of aromatic nitrogens is 1. The fourth-order valence-electron chi connectivity index (χ4n) is 4.16. The predicted octanol–water partition coefficient (Wildman–Crippen LogP) is 1.78. The van der Waals surface area contributed by atoms with E-state index in [0.717, 1.165) is 12.8 Å². The van der Waals surface area contributed by atoms with E-state index in [-0.39, 0.29) is 43.1 Å². The van der Waals surface area contributed by atoms with Crippen molar-refractivity contribution in [2.24, 2.45) is 11.3 Å². The van der Waals surface area contributed by atoms with E-state index in [9.17, 15) is 14.4 Å². The number of carbonyl (C=O) groups is 3. The van der Waals surface area contributed by atoms with Crippen LogP contribution in [0, 0.1) is 11.3 Å². The summed E-state index contributed by atoms with van der Waals surface area (Å²) in [5.41, 5.74) is 1.33. The molecule has 1 saturated heterocycles. The van der Waals surface area contributed by atoms with E-state index < -0.39 is 23.3 Å². The van der Waals surface area contributed by atoms with Gasteiger partial charge in [0.15, 0.2) is 0 Å². The topological polar surface area (TPSA) is 126 Å². The summed E-state index contributed by atoms with van der Waals surface area (Å²) in [7, 11) is 0. The molecule has 2 aromatic carbocycles. The van der Waals surface area contributed by atoms with Gasteiger partial charge < -0.3 is 12.6 Å². The van der Waals surface area contributed by atoms with Crippen LogP contribution in [0.15, 0.2) is 48.5 Å². The summed E-state index contributed by atoms with van der Waals surface area (Å²) in [6, 6.07) is 16.0. The number of para-hydroxylation sites is 2. The van der Waals surface area contributed by atoms with Crippen molar-refractivity contribution in [1.82, 2.24) is 21.8 Å². The van der Waals surface area contributed by atoms with Crippen molar-refractivity contribution >= 4 is 39.7 Å². The number of benzene rings is 2. The fraction of sp³-hybridized carbons (Fsp3) is 0.348. The average Bonchev–Trinajstić information content (AvgIpc) is 3.07. The molecular formula is C23H31N4NaO3. The van der Waals surface area contributed by atoms with Gasteiger partial charge in [0.25, 0.3) is 0 Å². The maximum Gasteiger partial charge on any atom is 1.00 e. The number of barbiturate groups is 1. The van der Waals surface area contributed by atoms with Crippen molar-refractivity contribution in [2.75, 3.05) is 0 Å². The van der Waals surface area contributed by atoms with Crippen LogP contribution in [0.2, 0.25) is 0 Å². The molecule has 2 heterocycles. The van der Waals surface area contributed by atoms with Crippen molar-refractivity contribution in [3.05, 3.63) is 48.5 Å². The Labute approximate surface area is 206 Å². The van der Waals surface area contributed by atoms with Gasteiger partial charge in [0.05, 0.1) is 0 Å². The molecule has 4 rings (SSSR count). The number of imide groups is 2. The molecule has 1 aliphatic heterocycles. The zero-order valence-electron chi connectivity index (χ0n) is 19.7. The van der Waals surface area contributed by atoms with Gasteiger partial charge in [-0.1, -0.05) is 63.6 Å². The minimum Gasteiger partial charge on any atom is -1.00 e. The Hall–Kier alpha value is -2.19. The predicted molar refractivity (Wildman–Crippen MR) is 120 cm³/mol. The number of urea groups is 1. The molecule has 0 saturated carbocycles. The van der Waals surface area contributed by atoms with Crippen LogP contribution in [-0.4, -0.2) is 22.8 Å². The van der Waals surface area contributed by atoms with E-state index in [1.807, 2.05) is 13.8 Å². The Morgan fingerprint density at radius 2 is 1.32 bits per heavy atom. The summed E-state index contributed by atoms with van der Waals surface area (Å²) in [5, 5.41) is 6.97.